The molecule has 2 aliphatic rings. The first kappa shape index (κ1) is 46.4. The van der Waals surface area contributed by atoms with Crippen molar-refractivity contribution in [1.29, 1.82) is 0 Å². The van der Waals surface area contributed by atoms with Crippen LogP contribution < -0.4 is 24.8 Å². The van der Waals surface area contributed by atoms with Gasteiger partial charge in [-0.3, -0.25) is 6.08 Å². The van der Waals surface area contributed by atoms with Crippen LogP contribution in [-0.4, -0.2) is 3.21 Å². The largest absolute Gasteiger partial charge is 1.00 e. The molecule has 0 heterocycles. The summed E-state index contributed by atoms with van der Waals surface area (Å²) in [5, 5.41) is 1.53. The summed E-state index contributed by atoms with van der Waals surface area (Å²) in [6.45, 7) is 22.6. The number of hydrogen-bond acceptors (Lipinski definition) is 0. The minimum Gasteiger partial charge on any atom is -1.00 e. The van der Waals surface area contributed by atoms with Gasteiger partial charge in [0.05, 0.1) is 0 Å². The van der Waals surface area contributed by atoms with Gasteiger partial charge in [0.15, 0.2) is 0 Å². The van der Waals surface area contributed by atoms with Crippen LogP contribution in [0.4, 0.5) is 0 Å². The van der Waals surface area contributed by atoms with Crippen molar-refractivity contribution in [2.75, 3.05) is 0 Å². The molecule has 0 saturated carbocycles. The average molecular weight is 852 g/mol. The summed E-state index contributed by atoms with van der Waals surface area (Å²) in [6.07, 6.45) is 12.9. The molecule has 276 valence electrons. The van der Waals surface area contributed by atoms with Gasteiger partial charge in [0.1, 0.15) is 0 Å². The Labute approximate surface area is 353 Å². The van der Waals surface area contributed by atoms with Gasteiger partial charge < -0.3 is 24.8 Å². The first-order valence-electron chi connectivity index (χ1n) is 18.0. The molecule has 0 nitrogen and oxygen atoms in total. The molecule has 0 radical (unpaired) electrons. The molecular weight excluding hydrogens is 798 g/mol. The number of rotatable bonds is 5. The summed E-state index contributed by atoms with van der Waals surface area (Å²) in [7, 11) is 0. The van der Waals surface area contributed by atoms with Crippen molar-refractivity contribution in [2.45, 2.75) is 106 Å². The molecule has 0 fully saturated rings. The Morgan fingerprint density at radius 3 is 1.71 bits per heavy atom. The third kappa shape index (κ3) is 12.9. The molecule has 5 heteroatoms. The quantitative estimate of drug-likeness (QED) is 0.158. The number of halogens is 4. The Kier molecular flexibility index (Phi) is 17.6. The SMILES string of the molecule is CC(C)(C)c1[c-]c2c(cc1)-c1ccc(C(C)(C)C)cc1C2.CCCCC1[C-]=CC(C(C)(C)C)=C1.Clc1ccc([C](=[Zr+2])c2ccc(Cl)cc2)cc1.[Cl-].[Cl-]. The van der Waals surface area contributed by atoms with Crippen LogP contribution in [0.2, 0.25) is 10.0 Å². The second kappa shape index (κ2) is 19.7. The van der Waals surface area contributed by atoms with E-state index in [9.17, 15) is 0 Å². The third-order valence-corrected chi connectivity index (χ3v) is 11.2. The number of benzene rings is 4. The van der Waals surface area contributed by atoms with Crippen LogP contribution in [0.3, 0.4) is 0 Å². The van der Waals surface area contributed by atoms with Crippen LogP contribution >= 0.6 is 23.2 Å². The molecule has 0 spiro atoms. The van der Waals surface area contributed by atoms with Gasteiger partial charge in [-0.05, 0) is 28.4 Å². The van der Waals surface area contributed by atoms with Gasteiger partial charge in [-0.15, -0.1) is 11.1 Å². The second-order valence-corrected chi connectivity index (χ2v) is 18.7. The fourth-order valence-corrected chi connectivity index (χ4v) is 7.07. The second-order valence-electron chi connectivity index (χ2n) is 16.6. The molecular formula is C47H54Cl4Zr-2. The van der Waals surface area contributed by atoms with Crippen molar-refractivity contribution in [3.8, 4) is 11.1 Å². The van der Waals surface area contributed by atoms with Crippen LogP contribution in [0.5, 0.6) is 0 Å². The molecule has 0 saturated heterocycles. The van der Waals surface area contributed by atoms with Gasteiger partial charge in [0.25, 0.3) is 0 Å². The topological polar surface area (TPSA) is 0 Å². The zero-order chi connectivity index (χ0) is 36.9. The van der Waals surface area contributed by atoms with Crippen molar-refractivity contribution in [2.24, 2.45) is 11.3 Å². The maximum Gasteiger partial charge on any atom is -1.00 e. The van der Waals surface area contributed by atoms with E-state index < -0.39 is 0 Å². The number of unbranched alkanes of at least 4 members (excludes halogenated alkanes) is 1. The molecule has 0 amide bonds. The maximum atomic E-state index is 5.86. The molecule has 0 N–H and O–H groups in total. The van der Waals surface area contributed by atoms with Crippen LogP contribution in [0, 0.1) is 23.5 Å². The van der Waals surface area contributed by atoms with Crippen molar-refractivity contribution in [1.82, 2.24) is 0 Å². The van der Waals surface area contributed by atoms with Gasteiger partial charge in [0, 0.05) is 0 Å². The van der Waals surface area contributed by atoms with E-state index in [0.29, 0.717) is 11.3 Å². The smallest absolute Gasteiger partial charge is 1.00 e. The molecule has 52 heavy (non-hydrogen) atoms. The van der Waals surface area contributed by atoms with Gasteiger partial charge in [-0.1, -0.05) is 124 Å². The minimum atomic E-state index is 0. The summed E-state index contributed by atoms with van der Waals surface area (Å²) < 4.78 is 1.31. The molecule has 6 rings (SSSR count). The summed E-state index contributed by atoms with van der Waals surface area (Å²) in [4.78, 5) is 0. The summed E-state index contributed by atoms with van der Waals surface area (Å²) in [6, 6.07) is 31.0. The van der Waals surface area contributed by atoms with Crippen LogP contribution in [0.25, 0.3) is 11.1 Å². The molecule has 0 aliphatic heterocycles. The van der Waals surface area contributed by atoms with E-state index in [2.05, 4.69) is 124 Å². The van der Waals surface area contributed by atoms with E-state index in [1.165, 1.54) is 96.8 Å². The molecule has 4 aromatic carbocycles. The Balaban J connectivity index is 0.000000273. The van der Waals surface area contributed by atoms with Gasteiger partial charge in [0.2, 0.25) is 0 Å². The fraction of sp³-hybridized carbons (Fsp3) is 0.383. The standard InChI is InChI=1S/C21H25.C13H8Cl2.C13H21.2ClH.Zr/c1-20(2,3)16-7-9-18-14(12-16)11-15-13-17(21(4,5)6)8-10-19(15)18;14-12-5-1-10(2-6-12)9-11-3-7-13(15)8-4-11;1-5-6-7-11-8-9-12(10-11)13(2,3)4;;;/h7-10,12H,11H2,1-6H3;1-8H;9-11H,5-7H2,1-4H3;2*1H;/q-1;;-1;;;+2/p-2. The van der Waals surface area contributed by atoms with E-state index in [-0.39, 0.29) is 35.6 Å². The molecule has 0 aromatic heterocycles. The maximum absolute atomic E-state index is 5.86. The molecule has 4 aromatic rings. The van der Waals surface area contributed by atoms with E-state index in [4.69, 9.17) is 23.2 Å². The van der Waals surface area contributed by atoms with Gasteiger partial charge in [-0.25, -0.2) is 6.08 Å². The summed E-state index contributed by atoms with van der Waals surface area (Å²) in [5.41, 5.74) is 12.9. The molecule has 1 atom stereocenters. The predicted octanol–water partition coefficient (Wildman–Crippen LogP) is 7.91. The minimum absolute atomic E-state index is 0. The molecule has 2 aliphatic carbocycles. The van der Waals surface area contributed by atoms with Crippen molar-refractivity contribution in [3.05, 3.63) is 152 Å². The van der Waals surface area contributed by atoms with Gasteiger partial charge in [-0.2, -0.15) is 35.4 Å². The van der Waals surface area contributed by atoms with Crippen LogP contribution in [-0.2, 0) is 41.5 Å². The van der Waals surface area contributed by atoms with Crippen LogP contribution in [0.15, 0.2) is 96.6 Å². The Morgan fingerprint density at radius 2 is 1.25 bits per heavy atom. The summed E-state index contributed by atoms with van der Waals surface area (Å²) in [5.74, 6) is 0.592. The Bertz CT molecular complexity index is 1720. The predicted molar refractivity (Wildman–Crippen MR) is 215 cm³/mol. The van der Waals surface area contributed by atoms with Gasteiger partial charge >= 0.3 is 120 Å². The first-order valence-corrected chi connectivity index (χ1v) is 20.0. The van der Waals surface area contributed by atoms with E-state index in [0.717, 1.165) is 16.5 Å². The van der Waals surface area contributed by atoms with E-state index in [1.54, 1.807) is 0 Å². The third-order valence-electron chi connectivity index (χ3n) is 9.30. The van der Waals surface area contributed by atoms with Crippen LogP contribution in [0.1, 0.15) is 122 Å². The average Bonchev–Trinajstić information content (AvgIpc) is 3.68. The van der Waals surface area contributed by atoms with Crippen molar-refractivity contribution < 1.29 is 49.0 Å². The zero-order valence-corrected chi connectivity index (χ0v) is 38.1. The normalized spacial score (nSPS) is 14.3. The summed E-state index contributed by atoms with van der Waals surface area (Å²) >= 11 is 13.1. The van der Waals surface area contributed by atoms with Crippen molar-refractivity contribution >= 4 is 26.4 Å². The number of fused-ring (bicyclic) bond motifs is 3. The Morgan fingerprint density at radius 1 is 0.712 bits per heavy atom. The van der Waals surface area contributed by atoms with Crippen molar-refractivity contribution in [3.63, 3.8) is 0 Å². The fourth-order valence-electron chi connectivity index (χ4n) is 5.99. The number of hydrogen-bond donors (Lipinski definition) is 0. The van der Waals surface area contributed by atoms with E-state index >= 15 is 0 Å². The monoisotopic (exact) mass is 848 g/mol. The van der Waals surface area contributed by atoms with E-state index in [1.807, 2.05) is 48.5 Å². The Hall–Kier alpha value is -1.73. The molecule has 0 bridgehead atoms. The zero-order valence-electron chi connectivity index (χ0n) is 32.6. The molecule has 1 unspecified atom stereocenters. The number of allylic oxidation sites excluding steroid dienone is 4. The first-order chi connectivity index (χ1) is 23.4.